The van der Waals surface area contributed by atoms with Gasteiger partial charge in [0.2, 0.25) is 0 Å². The molecule has 5 nitrogen and oxygen atoms in total. The van der Waals surface area contributed by atoms with E-state index in [-0.39, 0.29) is 5.75 Å². The lowest BCUT2D eigenvalue weighted by molar-refractivity contribution is 0.304. The Balaban J connectivity index is 1.52. The van der Waals surface area contributed by atoms with Gasteiger partial charge in [-0.25, -0.2) is 0 Å². The molecule has 1 heterocycles. The number of ether oxygens (including phenoxy) is 2. The van der Waals surface area contributed by atoms with Gasteiger partial charge in [-0.15, -0.1) is 0 Å². The van der Waals surface area contributed by atoms with Gasteiger partial charge in [-0.2, -0.15) is 5.10 Å². The Morgan fingerprint density at radius 1 is 0.833 bits per heavy atom. The molecule has 0 bridgehead atoms. The van der Waals surface area contributed by atoms with Gasteiger partial charge in [0.1, 0.15) is 29.5 Å². The van der Waals surface area contributed by atoms with Gasteiger partial charge >= 0.3 is 0 Å². The lowest BCUT2D eigenvalue weighted by Crippen LogP contribution is -1.95. The summed E-state index contributed by atoms with van der Waals surface area (Å²) in [5.74, 6) is 1.95. The third kappa shape index (κ3) is 4.46. The number of phenols is 1. The number of aromatic hydroxyl groups is 1. The van der Waals surface area contributed by atoms with Gasteiger partial charge in [0.15, 0.2) is 5.75 Å². The highest BCUT2D eigenvalue weighted by Gasteiger charge is 2.15. The minimum absolute atomic E-state index is 0.0888. The number of aromatic amines is 1. The van der Waals surface area contributed by atoms with Crippen LogP contribution in [0.2, 0.25) is 0 Å². The SMILES string of the molecule is Cc1ccc(COc2ccc(-c3[nH]ncc3Oc3cc(C)cc(C)c3)c(O)c2)cc1. The summed E-state index contributed by atoms with van der Waals surface area (Å²) in [6.45, 7) is 6.54. The second-order valence-corrected chi connectivity index (χ2v) is 7.49. The Labute approximate surface area is 175 Å². The highest BCUT2D eigenvalue weighted by atomic mass is 16.5. The van der Waals surface area contributed by atoms with Crippen LogP contribution >= 0.6 is 0 Å². The Bertz CT molecular complexity index is 1140. The van der Waals surface area contributed by atoms with E-state index >= 15 is 0 Å². The van der Waals surface area contributed by atoms with Crippen molar-refractivity contribution in [2.75, 3.05) is 0 Å². The van der Waals surface area contributed by atoms with Crippen molar-refractivity contribution in [3.05, 3.63) is 89.1 Å². The Morgan fingerprint density at radius 3 is 2.27 bits per heavy atom. The van der Waals surface area contributed by atoms with Gasteiger partial charge in [0.05, 0.1) is 6.20 Å². The van der Waals surface area contributed by atoms with Crippen LogP contribution in [0, 0.1) is 20.8 Å². The zero-order valence-electron chi connectivity index (χ0n) is 17.3. The number of rotatable bonds is 6. The summed E-state index contributed by atoms with van der Waals surface area (Å²) >= 11 is 0. The summed E-state index contributed by atoms with van der Waals surface area (Å²) in [6.07, 6.45) is 1.61. The van der Waals surface area contributed by atoms with Gasteiger partial charge in [0.25, 0.3) is 0 Å². The van der Waals surface area contributed by atoms with E-state index < -0.39 is 0 Å². The van der Waals surface area contributed by atoms with Crippen LogP contribution in [-0.2, 0) is 6.61 Å². The second-order valence-electron chi connectivity index (χ2n) is 7.49. The van der Waals surface area contributed by atoms with E-state index in [1.807, 2.05) is 44.2 Å². The standard InChI is InChI=1S/C25H24N2O3/c1-16-4-6-19(7-5-16)15-29-20-8-9-22(23(28)13-20)25-24(14-26-27-25)30-21-11-17(2)10-18(3)12-21/h4-14,28H,15H2,1-3H3,(H,26,27). The third-order valence-electron chi connectivity index (χ3n) is 4.79. The van der Waals surface area contributed by atoms with E-state index in [1.54, 1.807) is 18.3 Å². The van der Waals surface area contributed by atoms with Crippen molar-refractivity contribution in [1.82, 2.24) is 10.2 Å². The molecule has 0 amide bonds. The first kappa shape index (κ1) is 19.6. The molecule has 0 aliphatic heterocycles. The molecule has 0 saturated carbocycles. The quantitative estimate of drug-likeness (QED) is 0.412. The van der Waals surface area contributed by atoms with E-state index in [9.17, 15) is 5.11 Å². The number of aryl methyl sites for hydroxylation is 3. The summed E-state index contributed by atoms with van der Waals surface area (Å²) in [4.78, 5) is 0. The van der Waals surface area contributed by atoms with Crippen molar-refractivity contribution in [3.63, 3.8) is 0 Å². The van der Waals surface area contributed by atoms with Crippen LogP contribution in [0.4, 0.5) is 0 Å². The Hall–Kier alpha value is -3.73. The zero-order valence-corrected chi connectivity index (χ0v) is 17.3. The van der Waals surface area contributed by atoms with Gasteiger partial charge in [-0.3, -0.25) is 5.10 Å². The zero-order chi connectivity index (χ0) is 21.1. The Kier molecular flexibility index (Phi) is 5.44. The molecular weight excluding hydrogens is 376 g/mol. The molecule has 0 fully saturated rings. The van der Waals surface area contributed by atoms with Crippen molar-refractivity contribution >= 4 is 0 Å². The maximum absolute atomic E-state index is 10.6. The number of hydrogen-bond acceptors (Lipinski definition) is 4. The number of benzene rings is 3. The number of H-pyrrole nitrogens is 1. The molecule has 4 aromatic rings. The van der Waals surface area contributed by atoms with Crippen LogP contribution in [0.15, 0.2) is 66.9 Å². The first-order valence-electron chi connectivity index (χ1n) is 9.79. The van der Waals surface area contributed by atoms with Crippen LogP contribution in [0.3, 0.4) is 0 Å². The fourth-order valence-corrected chi connectivity index (χ4v) is 3.33. The van der Waals surface area contributed by atoms with Gasteiger partial charge < -0.3 is 14.6 Å². The van der Waals surface area contributed by atoms with Gasteiger partial charge in [-0.05, 0) is 61.7 Å². The number of nitrogens with one attached hydrogen (secondary N) is 1. The highest BCUT2D eigenvalue weighted by molar-refractivity contribution is 5.73. The molecule has 0 unspecified atom stereocenters. The molecule has 3 aromatic carbocycles. The smallest absolute Gasteiger partial charge is 0.173 e. The number of nitrogens with zero attached hydrogens (tertiary/aromatic N) is 1. The van der Waals surface area contributed by atoms with E-state index in [2.05, 4.69) is 35.3 Å². The number of hydrogen-bond donors (Lipinski definition) is 2. The Morgan fingerprint density at radius 2 is 1.57 bits per heavy atom. The van der Waals surface area contributed by atoms with Crippen LogP contribution in [0.5, 0.6) is 23.0 Å². The molecule has 152 valence electrons. The molecule has 4 rings (SSSR count). The highest BCUT2D eigenvalue weighted by Crippen LogP contribution is 2.38. The van der Waals surface area contributed by atoms with E-state index in [0.717, 1.165) is 22.4 Å². The van der Waals surface area contributed by atoms with E-state index in [1.165, 1.54) is 5.56 Å². The molecule has 30 heavy (non-hydrogen) atoms. The normalized spacial score (nSPS) is 10.8. The molecule has 1 aromatic heterocycles. The summed E-state index contributed by atoms with van der Waals surface area (Å²) in [6, 6.07) is 19.4. The maximum atomic E-state index is 10.6. The molecule has 0 aliphatic rings. The first-order chi connectivity index (χ1) is 14.5. The minimum Gasteiger partial charge on any atom is -0.507 e. The summed E-state index contributed by atoms with van der Waals surface area (Å²) in [7, 11) is 0. The lowest BCUT2D eigenvalue weighted by Gasteiger charge is -2.11. The molecule has 0 atom stereocenters. The fraction of sp³-hybridized carbons (Fsp3) is 0.160. The molecular formula is C25H24N2O3. The lowest BCUT2D eigenvalue weighted by atomic mass is 10.1. The van der Waals surface area contributed by atoms with Crippen LogP contribution in [-0.4, -0.2) is 15.3 Å². The fourth-order valence-electron chi connectivity index (χ4n) is 3.33. The largest absolute Gasteiger partial charge is 0.507 e. The third-order valence-corrected chi connectivity index (χ3v) is 4.79. The maximum Gasteiger partial charge on any atom is 0.173 e. The monoisotopic (exact) mass is 400 g/mol. The molecule has 0 spiro atoms. The first-order valence-corrected chi connectivity index (χ1v) is 9.79. The second kappa shape index (κ2) is 8.33. The topological polar surface area (TPSA) is 67.4 Å². The predicted molar refractivity (Wildman–Crippen MR) is 117 cm³/mol. The van der Waals surface area contributed by atoms with Crippen LogP contribution in [0.25, 0.3) is 11.3 Å². The summed E-state index contributed by atoms with van der Waals surface area (Å²) in [5, 5.41) is 17.6. The minimum atomic E-state index is 0.0888. The summed E-state index contributed by atoms with van der Waals surface area (Å²) < 4.78 is 11.8. The van der Waals surface area contributed by atoms with Gasteiger partial charge in [-0.1, -0.05) is 35.9 Å². The molecule has 0 saturated heterocycles. The van der Waals surface area contributed by atoms with Crippen molar-refractivity contribution in [3.8, 4) is 34.3 Å². The van der Waals surface area contributed by atoms with Gasteiger partial charge in [0, 0.05) is 11.6 Å². The van der Waals surface area contributed by atoms with Crippen molar-refractivity contribution in [2.24, 2.45) is 0 Å². The van der Waals surface area contributed by atoms with E-state index in [4.69, 9.17) is 9.47 Å². The van der Waals surface area contributed by atoms with Crippen molar-refractivity contribution in [2.45, 2.75) is 27.4 Å². The van der Waals surface area contributed by atoms with Crippen LogP contribution < -0.4 is 9.47 Å². The summed E-state index contributed by atoms with van der Waals surface area (Å²) in [5.41, 5.74) is 5.72. The number of phenolic OH excluding ortho intramolecular Hbond substituents is 1. The van der Waals surface area contributed by atoms with Crippen LogP contribution in [0.1, 0.15) is 22.3 Å². The average molecular weight is 400 g/mol. The molecule has 5 heteroatoms. The average Bonchev–Trinajstić information content (AvgIpc) is 3.14. The van der Waals surface area contributed by atoms with Crippen molar-refractivity contribution < 1.29 is 14.6 Å². The molecule has 0 aliphatic carbocycles. The molecule has 2 N–H and O–H groups in total. The number of aromatic nitrogens is 2. The molecule has 0 radical (unpaired) electrons. The predicted octanol–water partition coefficient (Wildman–Crippen LogP) is 6.08. The van der Waals surface area contributed by atoms with E-state index in [0.29, 0.717) is 29.4 Å². The van der Waals surface area contributed by atoms with Crippen molar-refractivity contribution in [1.29, 1.82) is 0 Å².